The second kappa shape index (κ2) is 3.76. The molecule has 0 aromatic carbocycles. The fourth-order valence-electron chi connectivity index (χ4n) is 2.99. The lowest BCUT2D eigenvalue weighted by Crippen LogP contribution is -2.44. The SMILES string of the molecule is C=C[C@H]1O[C@@]2(C=CCCO2)[C@H]2C(=O)N(C)C(=O)[C@@H]12. The maximum atomic E-state index is 12.2. The average molecular weight is 249 g/mol. The summed E-state index contributed by atoms with van der Waals surface area (Å²) in [6, 6.07) is 0. The van der Waals surface area contributed by atoms with Crippen molar-refractivity contribution in [1.82, 2.24) is 4.90 Å². The van der Waals surface area contributed by atoms with E-state index in [2.05, 4.69) is 6.58 Å². The summed E-state index contributed by atoms with van der Waals surface area (Å²) in [4.78, 5) is 25.5. The Balaban J connectivity index is 2.07. The molecule has 4 atom stereocenters. The first kappa shape index (κ1) is 11.6. The Morgan fingerprint density at radius 3 is 2.89 bits per heavy atom. The lowest BCUT2D eigenvalue weighted by atomic mass is 9.86. The summed E-state index contributed by atoms with van der Waals surface area (Å²) in [5, 5.41) is 0. The number of ether oxygens (including phenoxy) is 2. The maximum absolute atomic E-state index is 12.2. The Kier molecular flexibility index (Phi) is 2.43. The van der Waals surface area contributed by atoms with Gasteiger partial charge < -0.3 is 9.47 Å². The number of carbonyl (C=O) groups excluding carboxylic acids is 2. The standard InChI is InChI=1S/C13H15NO4/c1-3-8-9-10(12(16)14(2)11(9)15)13(18-8)6-4-5-7-17-13/h3-4,6,8-10H,1,5,7H2,2H3/t8-,9+,10-,13+/m1/s1. The molecule has 3 heterocycles. The predicted octanol–water partition coefficient (Wildman–Crippen LogP) is 0.475. The van der Waals surface area contributed by atoms with Gasteiger partial charge in [-0.2, -0.15) is 0 Å². The van der Waals surface area contributed by atoms with E-state index < -0.39 is 23.7 Å². The monoisotopic (exact) mass is 249 g/mol. The second-order valence-electron chi connectivity index (χ2n) is 4.82. The van der Waals surface area contributed by atoms with Crippen LogP contribution in [0.25, 0.3) is 0 Å². The average Bonchev–Trinajstić information content (AvgIpc) is 2.81. The summed E-state index contributed by atoms with van der Waals surface area (Å²) in [5.74, 6) is -2.63. The van der Waals surface area contributed by atoms with E-state index >= 15 is 0 Å². The first-order chi connectivity index (χ1) is 8.60. The van der Waals surface area contributed by atoms with Crippen molar-refractivity contribution in [1.29, 1.82) is 0 Å². The first-order valence-electron chi connectivity index (χ1n) is 6.04. The van der Waals surface area contributed by atoms with Gasteiger partial charge in [-0.05, 0) is 12.5 Å². The number of rotatable bonds is 1. The van der Waals surface area contributed by atoms with Crippen molar-refractivity contribution >= 4 is 11.8 Å². The topological polar surface area (TPSA) is 55.8 Å². The van der Waals surface area contributed by atoms with Crippen LogP contribution in [0, 0.1) is 11.8 Å². The molecule has 18 heavy (non-hydrogen) atoms. The molecular weight excluding hydrogens is 234 g/mol. The van der Waals surface area contributed by atoms with Crippen LogP contribution in [0.2, 0.25) is 0 Å². The van der Waals surface area contributed by atoms with Crippen molar-refractivity contribution in [3.63, 3.8) is 0 Å². The quantitative estimate of drug-likeness (QED) is 0.501. The van der Waals surface area contributed by atoms with Crippen molar-refractivity contribution in [3.05, 3.63) is 24.8 Å². The van der Waals surface area contributed by atoms with Gasteiger partial charge in [0.15, 0.2) is 0 Å². The van der Waals surface area contributed by atoms with Crippen molar-refractivity contribution < 1.29 is 19.1 Å². The van der Waals surface area contributed by atoms with Crippen LogP contribution in [0.1, 0.15) is 6.42 Å². The Morgan fingerprint density at radius 2 is 2.28 bits per heavy atom. The van der Waals surface area contributed by atoms with Crippen LogP contribution in [0.5, 0.6) is 0 Å². The van der Waals surface area contributed by atoms with Gasteiger partial charge in [0.2, 0.25) is 17.6 Å². The van der Waals surface area contributed by atoms with Crippen LogP contribution in [-0.4, -0.2) is 42.3 Å². The highest BCUT2D eigenvalue weighted by Crippen LogP contribution is 2.49. The van der Waals surface area contributed by atoms with Crippen LogP contribution in [0.15, 0.2) is 24.8 Å². The van der Waals surface area contributed by atoms with Gasteiger partial charge in [-0.3, -0.25) is 14.5 Å². The molecule has 3 aliphatic heterocycles. The molecule has 0 bridgehead atoms. The van der Waals surface area contributed by atoms with Crippen LogP contribution in [-0.2, 0) is 19.1 Å². The van der Waals surface area contributed by atoms with Crippen molar-refractivity contribution in [2.24, 2.45) is 11.8 Å². The molecule has 5 heteroatoms. The van der Waals surface area contributed by atoms with Gasteiger partial charge in [0.05, 0.1) is 18.6 Å². The van der Waals surface area contributed by atoms with E-state index in [4.69, 9.17) is 9.47 Å². The van der Waals surface area contributed by atoms with E-state index in [-0.39, 0.29) is 11.8 Å². The molecule has 0 aromatic rings. The minimum atomic E-state index is -1.08. The molecule has 5 nitrogen and oxygen atoms in total. The van der Waals surface area contributed by atoms with Gasteiger partial charge in [-0.15, -0.1) is 6.58 Å². The Bertz CT molecular complexity index is 458. The Hall–Kier alpha value is -1.46. The highest BCUT2D eigenvalue weighted by Gasteiger charge is 2.65. The molecule has 0 N–H and O–H groups in total. The molecule has 96 valence electrons. The number of imide groups is 1. The Morgan fingerprint density at radius 1 is 1.50 bits per heavy atom. The van der Waals surface area contributed by atoms with Crippen LogP contribution >= 0.6 is 0 Å². The van der Waals surface area contributed by atoms with Crippen molar-refractivity contribution in [3.8, 4) is 0 Å². The van der Waals surface area contributed by atoms with Gasteiger partial charge in [0, 0.05) is 7.05 Å². The molecular formula is C13H15NO4. The van der Waals surface area contributed by atoms with Gasteiger partial charge in [-0.1, -0.05) is 12.2 Å². The van der Waals surface area contributed by atoms with Crippen molar-refractivity contribution in [2.45, 2.75) is 18.3 Å². The van der Waals surface area contributed by atoms with E-state index in [1.54, 1.807) is 12.2 Å². The Labute approximate surface area is 105 Å². The van der Waals surface area contributed by atoms with Crippen LogP contribution < -0.4 is 0 Å². The summed E-state index contributed by atoms with van der Waals surface area (Å²) in [6.07, 6.45) is 5.59. The summed E-state index contributed by atoms with van der Waals surface area (Å²) in [7, 11) is 1.50. The minimum absolute atomic E-state index is 0.214. The van der Waals surface area contributed by atoms with Gasteiger partial charge in [0.25, 0.3) is 0 Å². The lowest BCUT2D eigenvalue weighted by Gasteiger charge is -2.32. The van der Waals surface area contributed by atoms with Crippen molar-refractivity contribution in [2.75, 3.05) is 13.7 Å². The molecule has 2 saturated heterocycles. The molecule has 0 aliphatic carbocycles. The summed E-state index contributed by atoms with van der Waals surface area (Å²) >= 11 is 0. The van der Waals surface area contributed by atoms with Gasteiger partial charge in [-0.25, -0.2) is 0 Å². The highest BCUT2D eigenvalue weighted by molar-refractivity contribution is 6.06. The first-order valence-corrected chi connectivity index (χ1v) is 6.04. The lowest BCUT2D eigenvalue weighted by molar-refractivity contribution is -0.211. The summed E-state index contributed by atoms with van der Waals surface area (Å²) in [5.41, 5.74) is 0. The third kappa shape index (κ3) is 1.29. The van der Waals surface area contributed by atoms with E-state index in [1.165, 1.54) is 11.9 Å². The largest absolute Gasteiger partial charge is 0.345 e. The summed E-state index contributed by atoms with van der Waals surface area (Å²) in [6.45, 7) is 4.17. The number of likely N-dealkylation sites (tertiary alicyclic amines) is 1. The zero-order chi connectivity index (χ0) is 12.9. The second-order valence-corrected chi connectivity index (χ2v) is 4.82. The van der Waals surface area contributed by atoms with E-state index in [0.29, 0.717) is 6.61 Å². The fourth-order valence-corrected chi connectivity index (χ4v) is 2.99. The minimum Gasteiger partial charge on any atom is -0.345 e. The number of fused-ring (bicyclic) bond motifs is 2. The predicted molar refractivity (Wildman–Crippen MR) is 62.3 cm³/mol. The smallest absolute Gasteiger partial charge is 0.238 e. The molecule has 0 saturated carbocycles. The highest BCUT2D eigenvalue weighted by atomic mass is 16.7. The third-order valence-electron chi connectivity index (χ3n) is 3.87. The molecule has 3 rings (SSSR count). The molecule has 1 spiro atoms. The van der Waals surface area contributed by atoms with E-state index in [1.807, 2.05) is 6.08 Å². The normalized spacial score (nSPS) is 42.7. The van der Waals surface area contributed by atoms with Crippen LogP contribution in [0.3, 0.4) is 0 Å². The zero-order valence-electron chi connectivity index (χ0n) is 10.2. The molecule has 0 aromatic heterocycles. The summed E-state index contributed by atoms with van der Waals surface area (Å²) < 4.78 is 11.5. The van der Waals surface area contributed by atoms with Crippen LogP contribution in [0.4, 0.5) is 0 Å². The van der Waals surface area contributed by atoms with E-state index in [9.17, 15) is 9.59 Å². The zero-order valence-corrected chi connectivity index (χ0v) is 10.2. The number of amides is 2. The number of carbonyl (C=O) groups is 2. The molecule has 3 aliphatic rings. The molecule has 0 radical (unpaired) electrons. The van der Waals surface area contributed by atoms with Gasteiger partial charge in [0.1, 0.15) is 5.92 Å². The molecule has 0 unspecified atom stereocenters. The maximum Gasteiger partial charge on any atom is 0.238 e. The molecule has 2 fully saturated rings. The molecule has 2 amide bonds. The van der Waals surface area contributed by atoms with Gasteiger partial charge >= 0.3 is 0 Å². The fraction of sp³-hybridized carbons (Fsp3) is 0.538. The third-order valence-corrected chi connectivity index (χ3v) is 3.87. The van der Waals surface area contributed by atoms with E-state index in [0.717, 1.165) is 6.42 Å². The number of hydrogen-bond donors (Lipinski definition) is 0. The number of nitrogens with zero attached hydrogens (tertiary/aromatic N) is 1. The number of hydrogen-bond acceptors (Lipinski definition) is 4.